The monoisotopic (exact) mass is 362 g/mol. The van der Waals surface area contributed by atoms with E-state index in [1.807, 2.05) is 42.6 Å². The molecule has 118 valence electrons. The first-order valence-electron chi connectivity index (χ1n) is 7.16. The maximum Gasteiger partial charge on any atom is 0.226 e. The molecule has 3 aromatic rings. The number of halogens is 1. The van der Waals surface area contributed by atoms with Crippen molar-refractivity contribution in [2.75, 3.05) is 5.32 Å². The van der Waals surface area contributed by atoms with Gasteiger partial charge in [-0.05, 0) is 47.9 Å². The summed E-state index contributed by atoms with van der Waals surface area (Å²) in [5, 5.41) is 8.32. The van der Waals surface area contributed by atoms with Gasteiger partial charge in [0, 0.05) is 21.9 Å². The summed E-state index contributed by atoms with van der Waals surface area (Å²) in [7, 11) is 0. The van der Waals surface area contributed by atoms with Gasteiger partial charge in [0.1, 0.15) is 0 Å². The Kier molecular flexibility index (Phi) is 5.10. The fourth-order valence-corrected chi connectivity index (χ4v) is 3.88. The molecule has 23 heavy (non-hydrogen) atoms. The van der Waals surface area contributed by atoms with Gasteiger partial charge >= 0.3 is 0 Å². The molecular formula is C17H15ClN2OS2. The largest absolute Gasteiger partial charge is 0.302 e. The van der Waals surface area contributed by atoms with Gasteiger partial charge in [0.05, 0.1) is 5.69 Å². The molecule has 0 aliphatic rings. The van der Waals surface area contributed by atoms with Crippen LogP contribution in [0.4, 0.5) is 5.13 Å². The van der Waals surface area contributed by atoms with E-state index in [2.05, 4.69) is 15.7 Å². The van der Waals surface area contributed by atoms with Crippen molar-refractivity contribution >= 4 is 45.3 Å². The fraction of sp³-hybridized carbons (Fsp3) is 0.176. The predicted octanol–water partition coefficient (Wildman–Crippen LogP) is 5.40. The molecule has 3 rings (SSSR count). The molecule has 1 N–H and O–H groups in total. The lowest BCUT2D eigenvalue weighted by molar-refractivity contribution is -0.116. The smallest absolute Gasteiger partial charge is 0.226 e. The Morgan fingerprint density at radius 2 is 2.04 bits per heavy atom. The SMILES string of the molecule is Cc1sc(NC(=O)CCc2ccsc2)nc1-c1ccc(Cl)cc1. The van der Waals surface area contributed by atoms with Gasteiger partial charge in [-0.3, -0.25) is 4.79 Å². The van der Waals surface area contributed by atoms with E-state index in [1.54, 1.807) is 11.3 Å². The number of hydrogen-bond acceptors (Lipinski definition) is 4. The van der Waals surface area contributed by atoms with Crippen LogP contribution in [0.3, 0.4) is 0 Å². The molecule has 0 fully saturated rings. The number of amides is 1. The summed E-state index contributed by atoms with van der Waals surface area (Å²) in [6.07, 6.45) is 1.22. The number of carbonyl (C=O) groups excluding carboxylic acids is 1. The molecule has 1 aromatic carbocycles. The Balaban J connectivity index is 1.66. The summed E-state index contributed by atoms with van der Waals surface area (Å²) in [4.78, 5) is 17.7. The number of thiazole rings is 1. The van der Waals surface area contributed by atoms with E-state index in [0.29, 0.717) is 16.6 Å². The van der Waals surface area contributed by atoms with Crippen LogP contribution in [0.1, 0.15) is 16.9 Å². The highest BCUT2D eigenvalue weighted by molar-refractivity contribution is 7.16. The number of nitrogens with zero attached hydrogens (tertiary/aromatic N) is 1. The number of hydrogen-bond donors (Lipinski definition) is 1. The van der Waals surface area contributed by atoms with Crippen LogP contribution in [0.15, 0.2) is 41.1 Å². The molecule has 2 aromatic heterocycles. The number of rotatable bonds is 5. The predicted molar refractivity (Wildman–Crippen MR) is 98.6 cm³/mol. The van der Waals surface area contributed by atoms with E-state index in [0.717, 1.165) is 22.6 Å². The second-order valence-corrected chi connectivity index (χ2v) is 7.53. The highest BCUT2D eigenvalue weighted by Crippen LogP contribution is 2.31. The summed E-state index contributed by atoms with van der Waals surface area (Å²) < 4.78 is 0. The molecule has 0 aliphatic carbocycles. The van der Waals surface area contributed by atoms with Gasteiger partial charge in [-0.25, -0.2) is 4.98 Å². The van der Waals surface area contributed by atoms with E-state index in [1.165, 1.54) is 16.9 Å². The van der Waals surface area contributed by atoms with Crippen LogP contribution >= 0.6 is 34.3 Å². The number of aryl methyl sites for hydroxylation is 2. The number of anilines is 1. The van der Waals surface area contributed by atoms with Crippen molar-refractivity contribution in [3.63, 3.8) is 0 Å². The maximum atomic E-state index is 12.1. The molecule has 0 unspecified atom stereocenters. The van der Waals surface area contributed by atoms with Crippen LogP contribution in [0.25, 0.3) is 11.3 Å². The van der Waals surface area contributed by atoms with Gasteiger partial charge in [0.15, 0.2) is 5.13 Å². The fourth-order valence-electron chi connectivity index (χ4n) is 2.20. The molecule has 0 aliphatic heterocycles. The maximum absolute atomic E-state index is 12.1. The van der Waals surface area contributed by atoms with Gasteiger partial charge < -0.3 is 5.32 Å². The van der Waals surface area contributed by atoms with Crippen LogP contribution in [0.5, 0.6) is 0 Å². The second-order valence-electron chi connectivity index (χ2n) is 5.11. The van der Waals surface area contributed by atoms with Crippen molar-refractivity contribution in [2.45, 2.75) is 19.8 Å². The van der Waals surface area contributed by atoms with E-state index in [9.17, 15) is 4.79 Å². The number of aromatic nitrogens is 1. The Bertz CT molecular complexity index is 795. The summed E-state index contributed by atoms with van der Waals surface area (Å²) in [6, 6.07) is 9.60. The lowest BCUT2D eigenvalue weighted by Crippen LogP contribution is -2.11. The zero-order chi connectivity index (χ0) is 16.2. The third kappa shape index (κ3) is 4.19. The summed E-state index contributed by atoms with van der Waals surface area (Å²) in [5.41, 5.74) is 3.09. The van der Waals surface area contributed by atoms with E-state index in [-0.39, 0.29) is 5.91 Å². The van der Waals surface area contributed by atoms with Gasteiger partial charge in [0.2, 0.25) is 5.91 Å². The van der Waals surface area contributed by atoms with Gasteiger partial charge in [0.25, 0.3) is 0 Å². The van der Waals surface area contributed by atoms with Crippen molar-refractivity contribution in [3.05, 3.63) is 56.6 Å². The number of thiophene rings is 1. The van der Waals surface area contributed by atoms with Gasteiger partial charge in [-0.1, -0.05) is 23.7 Å². The third-order valence-electron chi connectivity index (χ3n) is 3.38. The van der Waals surface area contributed by atoms with Crippen LogP contribution in [-0.2, 0) is 11.2 Å². The minimum atomic E-state index is -0.00685. The lowest BCUT2D eigenvalue weighted by Gasteiger charge is -2.01. The van der Waals surface area contributed by atoms with Gasteiger partial charge in [-0.2, -0.15) is 11.3 Å². The molecular weight excluding hydrogens is 348 g/mol. The second kappa shape index (κ2) is 7.25. The summed E-state index contributed by atoms with van der Waals surface area (Å²) in [5.74, 6) is -0.00685. The average molecular weight is 363 g/mol. The first kappa shape index (κ1) is 16.2. The molecule has 0 radical (unpaired) electrons. The van der Waals surface area contributed by atoms with Gasteiger partial charge in [-0.15, -0.1) is 11.3 Å². The lowest BCUT2D eigenvalue weighted by atomic mass is 10.1. The van der Waals surface area contributed by atoms with E-state index >= 15 is 0 Å². The Hall–Kier alpha value is -1.69. The molecule has 0 saturated heterocycles. The molecule has 3 nitrogen and oxygen atoms in total. The quantitative estimate of drug-likeness (QED) is 0.659. The van der Waals surface area contributed by atoms with Crippen LogP contribution < -0.4 is 5.32 Å². The molecule has 1 amide bonds. The molecule has 0 saturated carbocycles. The van der Waals surface area contributed by atoms with Crippen LogP contribution in [0.2, 0.25) is 5.02 Å². The highest BCUT2D eigenvalue weighted by Gasteiger charge is 2.12. The highest BCUT2D eigenvalue weighted by atomic mass is 35.5. The van der Waals surface area contributed by atoms with Crippen LogP contribution in [-0.4, -0.2) is 10.9 Å². The Morgan fingerprint density at radius 3 is 2.74 bits per heavy atom. The van der Waals surface area contributed by atoms with Crippen molar-refractivity contribution < 1.29 is 4.79 Å². The first-order chi connectivity index (χ1) is 11.1. The minimum Gasteiger partial charge on any atom is -0.302 e. The minimum absolute atomic E-state index is 0.00685. The number of benzene rings is 1. The summed E-state index contributed by atoms with van der Waals surface area (Å²) >= 11 is 9.05. The molecule has 6 heteroatoms. The zero-order valence-electron chi connectivity index (χ0n) is 12.5. The molecule has 0 spiro atoms. The van der Waals surface area contributed by atoms with Crippen LogP contribution in [0, 0.1) is 6.92 Å². The molecule has 0 atom stereocenters. The van der Waals surface area contributed by atoms with Crippen molar-refractivity contribution in [2.24, 2.45) is 0 Å². The molecule has 2 heterocycles. The topological polar surface area (TPSA) is 42.0 Å². The molecule has 0 bridgehead atoms. The number of nitrogens with one attached hydrogen (secondary N) is 1. The van der Waals surface area contributed by atoms with Crippen molar-refractivity contribution in [1.29, 1.82) is 0 Å². The van der Waals surface area contributed by atoms with Crippen molar-refractivity contribution in [3.8, 4) is 11.3 Å². The van der Waals surface area contributed by atoms with E-state index in [4.69, 9.17) is 11.6 Å². The third-order valence-corrected chi connectivity index (χ3v) is 5.25. The summed E-state index contributed by atoms with van der Waals surface area (Å²) in [6.45, 7) is 2.00. The van der Waals surface area contributed by atoms with E-state index < -0.39 is 0 Å². The Morgan fingerprint density at radius 1 is 1.26 bits per heavy atom. The van der Waals surface area contributed by atoms with Crippen molar-refractivity contribution in [1.82, 2.24) is 4.98 Å². The zero-order valence-corrected chi connectivity index (χ0v) is 14.9. The average Bonchev–Trinajstić information content (AvgIpc) is 3.16. The standard InChI is InChI=1S/C17H15ClN2OS2/c1-11-16(13-3-5-14(18)6-4-13)20-17(23-11)19-15(21)7-2-12-8-9-22-10-12/h3-6,8-10H,2,7H2,1H3,(H,19,20,21). The Labute approximate surface area is 148 Å². The normalized spacial score (nSPS) is 10.7. The first-order valence-corrected chi connectivity index (χ1v) is 9.30. The number of carbonyl (C=O) groups is 1.